The predicted molar refractivity (Wildman–Crippen MR) is 61.2 cm³/mol. The molecule has 0 unspecified atom stereocenters. The summed E-state index contributed by atoms with van der Waals surface area (Å²) in [6, 6.07) is 5.45. The van der Waals surface area contributed by atoms with Crippen molar-refractivity contribution in [1.82, 2.24) is 5.32 Å². The van der Waals surface area contributed by atoms with Gasteiger partial charge in [-0.25, -0.2) is 4.99 Å². The molecule has 15 heavy (non-hydrogen) atoms. The first-order valence-electron chi connectivity index (χ1n) is 5.40. The molecule has 1 fully saturated rings. The van der Waals surface area contributed by atoms with Crippen molar-refractivity contribution in [3.05, 3.63) is 22.4 Å². The van der Waals surface area contributed by atoms with Crippen LogP contribution in [0.4, 0.5) is 0 Å². The average Bonchev–Trinajstić information content (AvgIpc) is 2.78. The summed E-state index contributed by atoms with van der Waals surface area (Å²) in [5.41, 5.74) is 0. The Bertz CT molecular complexity index is 357. The largest absolute Gasteiger partial charge is 0.463 e. The number of thiophene rings is 1. The lowest BCUT2D eigenvalue weighted by Gasteiger charge is -2.17. The van der Waals surface area contributed by atoms with Gasteiger partial charge in [-0.2, -0.15) is 0 Å². The van der Waals surface area contributed by atoms with Crippen molar-refractivity contribution in [2.24, 2.45) is 10.9 Å². The SMILES string of the molecule is c1csc([C@@H](NC2=NCCO2)C2CC2)c1. The Morgan fingerprint density at radius 3 is 3.07 bits per heavy atom. The van der Waals surface area contributed by atoms with E-state index in [1.165, 1.54) is 17.7 Å². The molecule has 1 aromatic heterocycles. The summed E-state index contributed by atoms with van der Waals surface area (Å²) in [4.78, 5) is 5.68. The van der Waals surface area contributed by atoms with Gasteiger partial charge in [-0.1, -0.05) is 6.07 Å². The summed E-state index contributed by atoms with van der Waals surface area (Å²) >= 11 is 1.81. The molecule has 1 aliphatic carbocycles. The van der Waals surface area contributed by atoms with Crippen LogP contribution in [0.25, 0.3) is 0 Å². The minimum absolute atomic E-state index is 0.418. The number of hydrogen-bond donors (Lipinski definition) is 1. The van der Waals surface area contributed by atoms with E-state index < -0.39 is 0 Å². The highest BCUT2D eigenvalue weighted by molar-refractivity contribution is 7.10. The molecule has 4 heteroatoms. The number of rotatable bonds is 3. The van der Waals surface area contributed by atoms with Gasteiger partial charge in [0.2, 0.25) is 0 Å². The topological polar surface area (TPSA) is 33.6 Å². The van der Waals surface area contributed by atoms with Crippen LogP contribution in [0.3, 0.4) is 0 Å². The van der Waals surface area contributed by atoms with E-state index in [1.54, 1.807) is 0 Å². The summed E-state index contributed by atoms with van der Waals surface area (Å²) in [7, 11) is 0. The van der Waals surface area contributed by atoms with Crippen LogP contribution < -0.4 is 5.32 Å². The first kappa shape index (κ1) is 9.21. The third-order valence-corrected chi connectivity index (χ3v) is 3.76. The van der Waals surface area contributed by atoms with Gasteiger partial charge >= 0.3 is 0 Å². The van der Waals surface area contributed by atoms with E-state index in [1.807, 2.05) is 11.3 Å². The molecular weight excluding hydrogens is 208 g/mol. The first-order valence-corrected chi connectivity index (χ1v) is 6.28. The quantitative estimate of drug-likeness (QED) is 0.850. The van der Waals surface area contributed by atoms with Gasteiger partial charge in [0.05, 0.1) is 12.6 Å². The molecule has 0 spiro atoms. The molecule has 1 aliphatic heterocycles. The second-order valence-corrected chi connectivity index (χ2v) is 4.99. The lowest BCUT2D eigenvalue weighted by Crippen LogP contribution is -2.29. The molecule has 3 rings (SSSR count). The molecule has 0 saturated heterocycles. The van der Waals surface area contributed by atoms with Crippen LogP contribution in [0.15, 0.2) is 22.5 Å². The highest BCUT2D eigenvalue weighted by atomic mass is 32.1. The minimum atomic E-state index is 0.418. The van der Waals surface area contributed by atoms with Gasteiger partial charge < -0.3 is 10.1 Å². The maximum absolute atomic E-state index is 5.40. The average molecular weight is 222 g/mol. The Balaban J connectivity index is 1.73. The van der Waals surface area contributed by atoms with Gasteiger partial charge in [-0.15, -0.1) is 11.3 Å². The van der Waals surface area contributed by atoms with Gasteiger partial charge in [0.15, 0.2) is 0 Å². The van der Waals surface area contributed by atoms with Gasteiger partial charge in [0.25, 0.3) is 6.02 Å². The molecule has 2 heterocycles. The van der Waals surface area contributed by atoms with Crippen LogP contribution in [0.1, 0.15) is 23.8 Å². The predicted octanol–water partition coefficient (Wildman–Crippen LogP) is 2.17. The number of amidine groups is 1. The minimum Gasteiger partial charge on any atom is -0.463 e. The molecule has 0 radical (unpaired) electrons. The second-order valence-electron chi connectivity index (χ2n) is 4.01. The monoisotopic (exact) mass is 222 g/mol. The lowest BCUT2D eigenvalue weighted by molar-refractivity contribution is 0.322. The van der Waals surface area contributed by atoms with E-state index in [0.717, 1.165) is 25.1 Å². The van der Waals surface area contributed by atoms with Crippen LogP contribution in [-0.4, -0.2) is 19.2 Å². The molecule has 3 nitrogen and oxygen atoms in total. The molecule has 0 amide bonds. The molecule has 1 saturated carbocycles. The summed E-state index contributed by atoms with van der Waals surface area (Å²) in [5.74, 6) is 0.774. The fraction of sp³-hybridized carbons (Fsp3) is 0.545. The second kappa shape index (κ2) is 3.85. The van der Waals surface area contributed by atoms with E-state index >= 15 is 0 Å². The Morgan fingerprint density at radius 1 is 1.53 bits per heavy atom. The lowest BCUT2D eigenvalue weighted by atomic mass is 10.1. The Labute approximate surface area is 93.2 Å². The fourth-order valence-corrected chi connectivity index (χ4v) is 2.74. The molecule has 1 aromatic rings. The molecule has 1 atom stereocenters. The third kappa shape index (κ3) is 2.00. The Morgan fingerprint density at radius 2 is 2.47 bits per heavy atom. The van der Waals surface area contributed by atoms with Crippen molar-refractivity contribution < 1.29 is 4.74 Å². The van der Waals surface area contributed by atoms with Crippen molar-refractivity contribution in [2.75, 3.05) is 13.2 Å². The zero-order chi connectivity index (χ0) is 10.1. The smallest absolute Gasteiger partial charge is 0.285 e. The maximum atomic E-state index is 5.40. The van der Waals surface area contributed by atoms with E-state index in [9.17, 15) is 0 Å². The van der Waals surface area contributed by atoms with Crippen LogP contribution in [0, 0.1) is 5.92 Å². The first-order chi connectivity index (χ1) is 7.43. The third-order valence-electron chi connectivity index (χ3n) is 2.81. The van der Waals surface area contributed by atoms with Gasteiger partial charge in [0.1, 0.15) is 6.61 Å². The van der Waals surface area contributed by atoms with E-state index in [-0.39, 0.29) is 0 Å². The van der Waals surface area contributed by atoms with Crippen LogP contribution in [0.5, 0.6) is 0 Å². The van der Waals surface area contributed by atoms with Gasteiger partial charge in [-0.3, -0.25) is 0 Å². The highest BCUT2D eigenvalue weighted by Crippen LogP contribution is 2.42. The van der Waals surface area contributed by atoms with E-state index in [2.05, 4.69) is 27.8 Å². The van der Waals surface area contributed by atoms with Crippen molar-refractivity contribution in [3.8, 4) is 0 Å². The highest BCUT2D eigenvalue weighted by Gasteiger charge is 2.34. The molecule has 1 N–H and O–H groups in total. The summed E-state index contributed by atoms with van der Waals surface area (Å²) in [5, 5.41) is 5.55. The molecule has 0 aromatic carbocycles. The van der Waals surface area contributed by atoms with Crippen molar-refractivity contribution in [3.63, 3.8) is 0 Å². The van der Waals surface area contributed by atoms with Crippen molar-refractivity contribution in [2.45, 2.75) is 18.9 Å². The number of hydrogen-bond acceptors (Lipinski definition) is 4. The normalized spacial score (nSPS) is 22.0. The van der Waals surface area contributed by atoms with Crippen LogP contribution in [-0.2, 0) is 4.74 Å². The van der Waals surface area contributed by atoms with Crippen LogP contribution >= 0.6 is 11.3 Å². The molecule has 0 bridgehead atoms. The maximum Gasteiger partial charge on any atom is 0.285 e. The standard InChI is InChI=1S/C11H14N2OS/c1-2-9(15-7-1)10(8-3-4-8)13-11-12-5-6-14-11/h1-2,7-8,10H,3-6H2,(H,12,13)/t10-/m0/s1. The number of nitrogens with one attached hydrogen (secondary N) is 1. The molecule has 80 valence electrons. The molecule has 2 aliphatic rings. The summed E-state index contributed by atoms with van der Waals surface area (Å²) in [6.07, 6.45) is 2.64. The fourth-order valence-electron chi connectivity index (χ4n) is 1.87. The van der Waals surface area contributed by atoms with Crippen molar-refractivity contribution >= 4 is 17.4 Å². The Hall–Kier alpha value is -1.03. The zero-order valence-corrected chi connectivity index (χ0v) is 9.30. The van der Waals surface area contributed by atoms with Gasteiger partial charge in [-0.05, 0) is 30.2 Å². The zero-order valence-electron chi connectivity index (χ0n) is 8.48. The van der Waals surface area contributed by atoms with Crippen molar-refractivity contribution in [1.29, 1.82) is 0 Å². The number of aliphatic imine (C=N–C) groups is 1. The number of ether oxygens (including phenoxy) is 1. The summed E-state index contributed by atoms with van der Waals surface area (Å²) in [6.45, 7) is 1.52. The van der Waals surface area contributed by atoms with Crippen LogP contribution in [0.2, 0.25) is 0 Å². The van der Waals surface area contributed by atoms with E-state index in [4.69, 9.17) is 4.74 Å². The van der Waals surface area contributed by atoms with Gasteiger partial charge in [0, 0.05) is 4.88 Å². The number of nitrogens with zero attached hydrogens (tertiary/aromatic N) is 1. The summed E-state index contributed by atoms with van der Waals surface area (Å²) < 4.78 is 5.40. The van der Waals surface area contributed by atoms with E-state index in [0.29, 0.717) is 6.04 Å². The molecular formula is C11H14N2OS. The Kier molecular flexibility index (Phi) is 2.37.